The van der Waals surface area contributed by atoms with Crippen LogP contribution >= 0.6 is 0 Å². The molecule has 0 saturated carbocycles. The summed E-state index contributed by atoms with van der Waals surface area (Å²) in [6.07, 6.45) is -0.309. The van der Waals surface area contributed by atoms with Crippen molar-refractivity contribution < 1.29 is 28.5 Å². The summed E-state index contributed by atoms with van der Waals surface area (Å²) in [5.74, 6) is -0.445. The van der Waals surface area contributed by atoms with Crippen LogP contribution in [0.5, 0.6) is 5.75 Å². The third kappa shape index (κ3) is 3.73. The fourth-order valence-corrected chi connectivity index (χ4v) is 3.99. The number of fused-ring (bicyclic) bond motifs is 1. The van der Waals surface area contributed by atoms with Crippen LogP contribution in [0, 0.1) is 5.82 Å². The summed E-state index contributed by atoms with van der Waals surface area (Å²) in [4.78, 5) is 11.6. The topological polar surface area (TPSA) is 77.0 Å². The van der Waals surface area contributed by atoms with Gasteiger partial charge < -0.3 is 24.6 Å². The van der Waals surface area contributed by atoms with Gasteiger partial charge in [0.05, 0.1) is 5.60 Å². The second kappa shape index (κ2) is 7.74. The molecule has 2 unspecified atom stereocenters. The van der Waals surface area contributed by atoms with Gasteiger partial charge in [-0.1, -0.05) is 6.07 Å². The summed E-state index contributed by atoms with van der Waals surface area (Å²) in [7, 11) is 1.63. The van der Waals surface area contributed by atoms with Gasteiger partial charge in [-0.25, -0.2) is 4.39 Å². The molecule has 154 valence electrons. The van der Waals surface area contributed by atoms with Crippen LogP contribution < -0.4 is 10.1 Å². The maximum absolute atomic E-state index is 14.4. The van der Waals surface area contributed by atoms with E-state index in [9.17, 15) is 14.3 Å². The second-order valence-corrected chi connectivity index (χ2v) is 7.48. The number of anilines is 1. The Bertz CT molecular complexity index is 925. The summed E-state index contributed by atoms with van der Waals surface area (Å²) in [6.45, 7) is 2.95. The molecule has 2 heterocycles. The Morgan fingerprint density at radius 2 is 2.00 bits per heavy atom. The Labute approximate surface area is 168 Å². The molecule has 2 atom stereocenters. The molecule has 1 fully saturated rings. The number of carbonyl (C=O) groups excluding carboxylic acids is 1. The van der Waals surface area contributed by atoms with Crippen LogP contribution in [-0.2, 0) is 19.9 Å². The zero-order chi connectivity index (χ0) is 20.6. The highest BCUT2D eigenvalue weighted by Crippen LogP contribution is 2.38. The zero-order valence-corrected chi connectivity index (χ0v) is 16.4. The van der Waals surface area contributed by atoms with E-state index in [0.717, 1.165) is 11.1 Å². The lowest BCUT2D eigenvalue weighted by atomic mass is 9.86. The zero-order valence-electron chi connectivity index (χ0n) is 16.4. The highest BCUT2D eigenvalue weighted by atomic mass is 19.1. The molecule has 0 bridgehead atoms. The van der Waals surface area contributed by atoms with Gasteiger partial charge >= 0.3 is 0 Å². The maximum Gasteiger partial charge on any atom is 0.257 e. The molecule has 4 rings (SSSR count). The summed E-state index contributed by atoms with van der Waals surface area (Å²) in [6, 6.07) is 9.92. The molecule has 0 aromatic heterocycles. The van der Waals surface area contributed by atoms with E-state index in [1.54, 1.807) is 19.2 Å². The van der Waals surface area contributed by atoms with Crippen molar-refractivity contribution in [2.45, 2.75) is 37.6 Å². The highest BCUT2D eigenvalue weighted by molar-refractivity contribution is 6.01. The molecule has 2 aliphatic rings. The van der Waals surface area contributed by atoms with E-state index in [1.165, 1.54) is 12.1 Å². The Balaban J connectivity index is 1.58. The average Bonchev–Trinajstić information content (AvgIpc) is 3.01. The second-order valence-electron chi connectivity index (χ2n) is 7.48. The van der Waals surface area contributed by atoms with Gasteiger partial charge in [0.1, 0.15) is 17.7 Å². The number of carbonyl (C=O) groups is 1. The molecule has 2 aliphatic heterocycles. The lowest BCUT2D eigenvalue weighted by Crippen LogP contribution is -2.35. The number of rotatable bonds is 5. The molecule has 0 spiro atoms. The Kier molecular flexibility index (Phi) is 5.29. The van der Waals surface area contributed by atoms with E-state index in [4.69, 9.17) is 14.2 Å². The van der Waals surface area contributed by atoms with Crippen LogP contribution in [-0.4, -0.2) is 31.3 Å². The smallest absolute Gasteiger partial charge is 0.257 e. The van der Waals surface area contributed by atoms with Gasteiger partial charge in [0.25, 0.3) is 5.91 Å². The first-order valence-corrected chi connectivity index (χ1v) is 9.65. The van der Waals surface area contributed by atoms with E-state index in [1.807, 2.05) is 19.1 Å². The first kappa shape index (κ1) is 19.8. The van der Waals surface area contributed by atoms with Gasteiger partial charge in [0, 0.05) is 50.5 Å². The van der Waals surface area contributed by atoms with Crippen LogP contribution in [0.2, 0.25) is 0 Å². The van der Waals surface area contributed by atoms with Gasteiger partial charge in [-0.3, -0.25) is 4.79 Å². The maximum atomic E-state index is 14.4. The quantitative estimate of drug-likeness (QED) is 0.801. The van der Waals surface area contributed by atoms with Crippen molar-refractivity contribution in [2.75, 3.05) is 25.6 Å². The molecular formula is C22H24FNO5. The van der Waals surface area contributed by atoms with Gasteiger partial charge in [-0.15, -0.1) is 0 Å². The van der Waals surface area contributed by atoms with Gasteiger partial charge in [-0.2, -0.15) is 0 Å². The van der Waals surface area contributed by atoms with E-state index < -0.39 is 29.5 Å². The number of hydrogen-bond donors (Lipinski definition) is 2. The predicted molar refractivity (Wildman–Crippen MR) is 104 cm³/mol. The van der Waals surface area contributed by atoms with Crippen LogP contribution in [0.3, 0.4) is 0 Å². The van der Waals surface area contributed by atoms with E-state index >= 15 is 0 Å². The number of hydrogen-bond acceptors (Lipinski definition) is 5. The first-order valence-electron chi connectivity index (χ1n) is 9.65. The van der Waals surface area contributed by atoms with Crippen LogP contribution in [0.4, 0.5) is 10.1 Å². The predicted octanol–water partition coefficient (Wildman–Crippen LogP) is 3.60. The van der Waals surface area contributed by atoms with Crippen molar-refractivity contribution in [2.24, 2.45) is 0 Å². The minimum absolute atomic E-state index is 0.394. The number of aliphatic hydroxyl groups is 1. The molecule has 2 aromatic carbocycles. The molecule has 6 nitrogen and oxygen atoms in total. The Morgan fingerprint density at radius 1 is 1.24 bits per heavy atom. The number of halogens is 1. The number of nitrogens with one attached hydrogen (secondary N) is 1. The third-order valence-electron chi connectivity index (χ3n) is 5.75. The summed E-state index contributed by atoms with van der Waals surface area (Å²) in [5.41, 5.74) is 2.02. The monoisotopic (exact) mass is 401 g/mol. The van der Waals surface area contributed by atoms with E-state index in [2.05, 4.69) is 5.32 Å². The molecule has 7 heteroatoms. The van der Waals surface area contributed by atoms with Crippen molar-refractivity contribution in [3.63, 3.8) is 0 Å². The van der Waals surface area contributed by atoms with Gasteiger partial charge in [-0.05, 0) is 42.3 Å². The molecule has 0 aliphatic carbocycles. The lowest BCUT2D eigenvalue weighted by molar-refractivity contribution is -0.123. The molecule has 0 radical (unpaired) electrons. The van der Waals surface area contributed by atoms with Crippen LogP contribution in [0.1, 0.15) is 48.7 Å². The van der Waals surface area contributed by atoms with Crippen LogP contribution in [0.15, 0.2) is 36.4 Å². The standard InChI is InChI=1S/C22H24FNO5/c1-13(14-3-4-19-18(9-14)20(25)21(26)24-19)29-17-11-15(10-16(23)12-17)22(27-2)5-7-28-8-6-22/h3-4,9-13,20,25H,5-8H2,1-2H3,(H,24,26). The van der Waals surface area contributed by atoms with Crippen molar-refractivity contribution in [1.29, 1.82) is 0 Å². The summed E-state index contributed by atoms with van der Waals surface area (Å²) in [5, 5.41) is 12.6. The first-order chi connectivity index (χ1) is 13.9. The normalized spacial score (nSPS) is 21.4. The van der Waals surface area contributed by atoms with Gasteiger partial charge in [0.2, 0.25) is 0 Å². The molecule has 2 N–H and O–H groups in total. The van der Waals surface area contributed by atoms with Gasteiger partial charge in [0.15, 0.2) is 6.10 Å². The Hall–Kier alpha value is -2.48. The third-order valence-corrected chi connectivity index (χ3v) is 5.75. The van der Waals surface area contributed by atoms with E-state index in [0.29, 0.717) is 43.1 Å². The number of amides is 1. The van der Waals surface area contributed by atoms with Crippen molar-refractivity contribution >= 4 is 11.6 Å². The SMILES string of the molecule is COC1(c2cc(F)cc(OC(C)c3ccc4c(c3)C(O)C(=O)N4)c2)CCOCC1. The molecule has 2 aromatic rings. The fourth-order valence-electron chi connectivity index (χ4n) is 3.99. The number of benzene rings is 2. The lowest BCUT2D eigenvalue weighted by Gasteiger charge is -2.36. The van der Waals surface area contributed by atoms with Crippen molar-refractivity contribution in [1.82, 2.24) is 0 Å². The minimum Gasteiger partial charge on any atom is -0.486 e. The number of ether oxygens (including phenoxy) is 3. The highest BCUT2D eigenvalue weighted by Gasteiger charge is 2.35. The molecule has 1 amide bonds. The summed E-state index contributed by atoms with van der Waals surface area (Å²) < 4.78 is 31.6. The number of methoxy groups -OCH3 is 1. The minimum atomic E-state index is -1.19. The van der Waals surface area contributed by atoms with Crippen molar-refractivity contribution in [3.05, 3.63) is 58.9 Å². The number of aliphatic hydroxyl groups excluding tert-OH is 1. The molecule has 1 saturated heterocycles. The molecular weight excluding hydrogens is 377 g/mol. The van der Waals surface area contributed by atoms with Crippen molar-refractivity contribution in [3.8, 4) is 5.75 Å². The summed E-state index contributed by atoms with van der Waals surface area (Å²) >= 11 is 0. The molecule has 29 heavy (non-hydrogen) atoms. The Morgan fingerprint density at radius 3 is 2.72 bits per heavy atom. The van der Waals surface area contributed by atoms with Crippen LogP contribution in [0.25, 0.3) is 0 Å². The largest absolute Gasteiger partial charge is 0.486 e. The fraction of sp³-hybridized carbons (Fsp3) is 0.409. The average molecular weight is 401 g/mol. The van der Waals surface area contributed by atoms with E-state index in [-0.39, 0.29) is 0 Å².